The van der Waals surface area contributed by atoms with E-state index in [1.54, 1.807) is 31.4 Å². The number of methoxy groups -OCH3 is 1. The minimum atomic E-state index is -3.27. The van der Waals surface area contributed by atoms with Gasteiger partial charge in [0.1, 0.15) is 6.61 Å². The highest BCUT2D eigenvalue weighted by atomic mass is 32.2. The fourth-order valence-electron chi connectivity index (χ4n) is 4.09. The van der Waals surface area contributed by atoms with Crippen LogP contribution in [-0.2, 0) is 22.9 Å². The number of ether oxygens (including phenoxy) is 3. The van der Waals surface area contributed by atoms with Crippen molar-refractivity contribution < 1.29 is 27.4 Å². The molecule has 0 unspecified atom stereocenters. The average Bonchev–Trinajstić information content (AvgIpc) is 3.18. The summed E-state index contributed by atoms with van der Waals surface area (Å²) in [6, 6.07) is 16.1. The Labute approximate surface area is 194 Å². The molecule has 1 aliphatic carbocycles. The third kappa shape index (κ3) is 4.59. The molecule has 6 nitrogen and oxygen atoms in total. The minimum Gasteiger partial charge on any atom is -0.490 e. The normalized spacial score (nSPS) is 13.0. The zero-order valence-corrected chi connectivity index (χ0v) is 19.7. The molecule has 0 fully saturated rings. The first-order valence-electron chi connectivity index (χ1n) is 10.7. The van der Waals surface area contributed by atoms with Gasteiger partial charge in [0, 0.05) is 23.8 Å². The number of rotatable bonds is 8. The predicted molar refractivity (Wildman–Crippen MR) is 126 cm³/mol. The summed E-state index contributed by atoms with van der Waals surface area (Å²) in [5, 5.41) is 0. The first-order chi connectivity index (χ1) is 15.8. The number of carbonyl (C=O) groups is 1. The Balaban J connectivity index is 1.76. The lowest BCUT2D eigenvalue weighted by molar-refractivity contribution is 0.0994. The second-order valence-corrected chi connectivity index (χ2v) is 9.88. The first-order valence-corrected chi connectivity index (χ1v) is 12.6. The molecule has 33 heavy (non-hydrogen) atoms. The Morgan fingerprint density at radius 3 is 2.24 bits per heavy atom. The zero-order valence-electron chi connectivity index (χ0n) is 18.9. The van der Waals surface area contributed by atoms with Crippen LogP contribution in [0.4, 0.5) is 0 Å². The maximum absolute atomic E-state index is 12.3. The van der Waals surface area contributed by atoms with Gasteiger partial charge in [-0.2, -0.15) is 0 Å². The largest absolute Gasteiger partial charge is 0.490 e. The summed E-state index contributed by atoms with van der Waals surface area (Å²) in [6.07, 6.45) is 2.37. The van der Waals surface area contributed by atoms with Crippen LogP contribution >= 0.6 is 0 Å². The van der Waals surface area contributed by atoms with Crippen molar-refractivity contribution in [2.45, 2.75) is 31.3 Å². The molecular weight excluding hydrogens is 440 g/mol. The van der Waals surface area contributed by atoms with E-state index in [0.717, 1.165) is 27.8 Å². The smallest absolute Gasteiger partial charge is 0.203 e. The van der Waals surface area contributed by atoms with Crippen molar-refractivity contribution in [2.75, 3.05) is 20.0 Å². The topological polar surface area (TPSA) is 78.9 Å². The van der Waals surface area contributed by atoms with Gasteiger partial charge in [0.05, 0.1) is 18.6 Å². The van der Waals surface area contributed by atoms with Crippen LogP contribution in [0.5, 0.6) is 17.2 Å². The van der Waals surface area contributed by atoms with Crippen LogP contribution < -0.4 is 14.2 Å². The molecule has 1 aliphatic rings. The third-order valence-electron chi connectivity index (χ3n) is 5.68. The van der Waals surface area contributed by atoms with Gasteiger partial charge in [0.25, 0.3) is 0 Å². The van der Waals surface area contributed by atoms with Gasteiger partial charge in [-0.1, -0.05) is 30.3 Å². The maximum Gasteiger partial charge on any atom is 0.203 e. The quantitative estimate of drug-likeness (QED) is 0.471. The summed E-state index contributed by atoms with van der Waals surface area (Å²) >= 11 is 0. The molecule has 0 saturated heterocycles. The van der Waals surface area contributed by atoms with Gasteiger partial charge >= 0.3 is 0 Å². The molecule has 0 N–H and O–H groups in total. The second kappa shape index (κ2) is 9.27. The number of hydrogen-bond donors (Lipinski definition) is 0. The van der Waals surface area contributed by atoms with Crippen LogP contribution in [0.3, 0.4) is 0 Å². The fourth-order valence-corrected chi connectivity index (χ4v) is 4.72. The highest BCUT2D eigenvalue weighted by molar-refractivity contribution is 7.90. The molecule has 0 heterocycles. The van der Waals surface area contributed by atoms with Crippen molar-refractivity contribution in [3.8, 4) is 28.4 Å². The summed E-state index contributed by atoms with van der Waals surface area (Å²) in [6.45, 7) is 2.57. The third-order valence-corrected chi connectivity index (χ3v) is 6.81. The molecule has 3 aromatic rings. The van der Waals surface area contributed by atoms with Crippen molar-refractivity contribution in [2.24, 2.45) is 0 Å². The maximum atomic E-state index is 12.3. The fraction of sp³-hybridized carbons (Fsp3) is 0.269. The monoisotopic (exact) mass is 466 g/mol. The molecule has 0 spiro atoms. The van der Waals surface area contributed by atoms with Crippen LogP contribution in [0.15, 0.2) is 59.5 Å². The van der Waals surface area contributed by atoms with E-state index in [0.29, 0.717) is 36.7 Å². The number of hydrogen-bond acceptors (Lipinski definition) is 6. The average molecular weight is 467 g/mol. The number of fused-ring (bicyclic) bond motifs is 1. The molecule has 7 heteroatoms. The predicted octanol–water partition coefficient (Wildman–Crippen LogP) is 4.87. The Bertz CT molecular complexity index is 1290. The van der Waals surface area contributed by atoms with E-state index in [9.17, 15) is 13.2 Å². The van der Waals surface area contributed by atoms with Gasteiger partial charge in [0.15, 0.2) is 27.1 Å². The molecule has 0 aliphatic heterocycles. The lowest BCUT2D eigenvalue weighted by Crippen LogP contribution is -2.04. The molecule has 0 atom stereocenters. The molecule has 0 radical (unpaired) electrons. The van der Waals surface area contributed by atoms with E-state index in [2.05, 4.69) is 0 Å². The summed E-state index contributed by atoms with van der Waals surface area (Å²) in [5.41, 5.74) is 4.32. The lowest BCUT2D eigenvalue weighted by atomic mass is 9.95. The van der Waals surface area contributed by atoms with Crippen LogP contribution in [0.25, 0.3) is 11.1 Å². The summed E-state index contributed by atoms with van der Waals surface area (Å²) in [4.78, 5) is 12.5. The number of Topliss-reactive ketones (excluding diaryl/α,β-unsaturated/α-hetero) is 1. The van der Waals surface area contributed by atoms with Crippen LogP contribution in [0.1, 0.15) is 34.8 Å². The molecule has 0 bridgehead atoms. The van der Waals surface area contributed by atoms with E-state index in [4.69, 9.17) is 14.2 Å². The molecule has 0 saturated carbocycles. The lowest BCUT2D eigenvalue weighted by Gasteiger charge is -2.20. The Kier molecular flexibility index (Phi) is 6.42. The van der Waals surface area contributed by atoms with E-state index in [1.807, 2.05) is 37.3 Å². The van der Waals surface area contributed by atoms with Gasteiger partial charge in [-0.3, -0.25) is 4.79 Å². The van der Waals surface area contributed by atoms with Crippen LogP contribution in [0, 0.1) is 0 Å². The molecule has 3 aromatic carbocycles. The molecule has 0 aromatic heterocycles. The Hall–Kier alpha value is -3.32. The van der Waals surface area contributed by atoms with Crippen molar-refractivity contribution >= 4 is 15.6 Å². The molecule has 4 rings (SSSR count). The van der Waals surface area contributed by atoms with E-state index < -0.39 is 9.84 Å². The van der Waals surface area contributed by atoms with Gasteiger partial charge < -0.3 is 14.2 Å². The second-order valence-electron chi connectivity index (χ2n) is 7.87. The Morgan fingerprint density at radius 2 is 1.58 bits per heavy atom. The SMILES string of the molecule is CCOc1ccc(-c2cccc3c2CCC3=O)c(OCc2ccc(S(C)(=O)=O)cc2)c1OC. The summed E-state index contributed by atoms with van der Waals surface area (Å²) < 4.78 is 41.2. The van der Waals surface area contributed by atoms with E-state index in [1.165, 1.54) is 6.26 Å². The van der Waals surface area contributed by atoms with E-state index in [-0.39, 0.29) is 17.3 Å². The van der Waals surface area contributed by atoms with Crippen molar-refractivity contribution in [1.82, 2.24) is 0 Å². The number of ketones is 1. The Morgan fingerprint density at radius 1 is 0.848 bits per heavy atom. The molecular formula is C26H26O6S. The van der Waals surface area contributed by atoms with Crippen molar-refractivity contribution in [3.05, 3.63) is 71.3 Å². The standard InChI is InChI=1S/C26H26O6S/c1-4-31-24-15-13-22(19-6-5-7-21-20(19)12-14-23(21)27)25(26(24)30-2)32-16-17-8-10-18(11-9-17)33(3,28)29/h5-11,13,15H,4,12,14,16H2,1-3H3. The van der Waals surface area contributed by atoms with Crippen LogP contribution in [-0.4, -0.2) is 34.2 Å². The van der Waals surface area contributed by atoms with Gasteiger partial charge in [0.2, 0.25) is 5.75 Å². The zero-order chi connectivity index (χ0) is 23.6. The minimum absolute atomic E-state index is 0.151. The molecule has 0 amide bonds. The number of carbonyl (C=O) groups excluding carboxylic acids is 1. The molecule has 172 valence electrons. The summed E-state index contributed by atoms with van der Waals surface area (Å²) in [5.74, 6) is 1.71. The number of sulfone groups is 1. The highest BCUT2D eigenvalue weighted by Gasteiger charge is 2.26. The van der Waals surface area contributed by atoms with Gasteiger partial charge in [-0.05, 0) is 54.3 Å². The summed E-state index contributed by atoms with van der Waals surface area (Å²) in [7, 11) is -1.70. The van der Waals surface area contributed by atoms with Crippen molar-refractivity contribution in [3.63, 3.8) is 0 Å². The number of benzene rings is 3. The van der Waals surface area contributed by atoms with Gasteiger partial charge in [-0.15, -0.1) is 0 Å². The van der Waals surface area contributed by atoms with Crippen LogP contribution in [0.2, 0.25) is 0 Å². The highest BCUT2D eigenvalue weighted by Crippen LogP contribution is 2.47. The first kappa shape index (κ1) is 22.9. The van der Waals surface area contributed by atoms with E-state index >= 15 is 0 Å². The van der Waals surface area contributed by atoms with Gasteiger partial charge in [-0.25, -0.2) is 8.42 Å². The van der Waals surface area contributed by atoms with Crippen molar-refractivity contribution in [1.29, 1.82) is 0 Å².